The summed E-state index contributed by atoms with van der Waals surface area (Å²) < 4.78 is 0. The summed E-state index contributed by atoms with van der Waals surface area (Å²) in [6.45, 7) is 3.18. The van der Waals surface area contributed by atoms with Gasteiger partial charge in [-0.2, -0.15) is 0 Å². The number of carbonyl (C=O) groups excluding carboxylic acids is 1. The second-order valence-corrected chi connectivity index (χ2v) is 7.11. The van der Waals surface area contributed by atoms with Crippen LogP contribution < -0.4 is 4.90 Å². The van der Waals surface area contributed by atoms with Gasteiger partial charge in [0.15, 0.2) is 0 Å². The number of hydrogen-bond acceptors (Lipinski definition) is 5. The summed E-state index contributed by atoms with van der Waals surface area (Å²) in [4.78, 5) is 26.8. The Bertz CT molecular complexity index is 744. The van der Waals surface area contributed by atoms with E-state index in [-0.39, 0.29) is 11.6 Å². The topological polar surface area (TPSA) is 66.7 Å². The molecule has 136 valence electrons. The molecule has 7 heteroatoms. The number of anilines is 1. The van der Waals surface area contributed by atoms with Gasteiger partial charge in [-0.25, -0.2) is 0 Å². The number of para-hydroxylation sites is 1. The summed E-state index contributed by atoms with van der Waals surface area (Å²) in [6.07, 6.45) is 0. The van der Waals surface area contributed by atoms with E-state index in [2.05, 4.69) is 17.0 Å². The van der Waals surface area contributed by atoms with Crippen molar-refractivity contribution in [2.75, 3.05) is 36.8 Å². The van der Waals surface area contributed by atoms with Gasteiger partial charge in [-0.1, -0.05) is 30.3 Å². The van der Waals surface area contributed by atoms with Crippen molar-refractivity contribution in [2.45, 2.75) is 5.75 Å². The molecule has 0 N–H and O–H groups in total. The molecule has 1 aliphatic rings. The zero-order valence-corrected chi connectivity index (χ0v) is 15.2. The zero-order valence-electron chi connectivity index (χ0n) is 14.4. The number of non-ortho nitro benzene ring substituents is 1. The number of nitro groups is 1. The van der Waals surface area contributed by atoms with Crippen molar-refractivity contribution < 1.29 is 9.72 Å². The number of hydrogen-bond donors (Lipinski definition) is 0. The molecule has 0 saturated carbocycles. The number of thioether (sulfide) groups is 1. The summed E-state index contributed by atoms with van der Waals surface area (Å²) in [5.74, 6) is 1.26. The first-order valence-corrected chi connectivity index (χ1v) is 9.68. The molecule has 0 radical (unpaired) electrons. The molecular weight excluding hydrogens is 350 g/mol. The van der Waals surface area contributed by atoms with Crippen LogP contribution in [0.15, 0.2) is 54.6 Å². The van der Waals surface area contributed by atoms with Gasteiger partial charge in [0, 0.05) is 49.8 Å². The third-order valence-electron chi connectivity index (χ3n) is 4.40. The zero-order chi connectivity index (χ0) is 18.4. The molecule has 2 aromatic rings. The van der Waals surface area contributed by atoms with Gasteiger partial charge in [0.25, 0.3) is 5.69 Å². The van der Waals surface area contributed by atoms with Crippen LogP contribution in [0, 0.1) is 10.1 Å². The minimum absolute atomic E-state index is 0.0890. The molecule has 0 spiro atoms. The average Bonchev–Trinajstić information content (AvgIpc) is 2.69. The Balaban J connectivity index is 1.41. The Labute approximate surface area is 156 Å². The van der Waals surface area contributed by atoms with Crippen LogP contribution in [-0.2, 0) is 10.5 Å². The van der Waals surface area contributed by atoms with Crippen molar-refractivity contribution >= 4 is 29.0 Å². The molecule has 1 aliphatic heterocycles. The van der Waals surface area contributed by atoms with Gasteiger partial charge in [-0.3, -0.25) is 14.9 Å². The quantitative estimate of drug-likeness (QED) is 0.576. The monoisotopic (exact) mass is 371 g/mol. The molecular formula is C19H21N3O3S. The van der Waals surface area contributed by atoms with E-state index in [1.807, 2.05) is 23.1 Å². The van der Waals surface area contributed by atoms with Crippen LogP contribution in [0.1, 0.15) is 5.56 Å². The van der Waals surface area contributed by atoms with Crippen LogP contribution in [0.5, 0.6) is 0 Å². The van der Waals surface area contributed by atoms with Gasteiger partial charge < -0.3 is 9.80 Å². The molecule has 0 aliphatic carbocycles. The van der Waals surface area contributed by atoms with Gasteiger partial charge in [0.1, 0.15) is 0 Å². The molecule has 1 heterocycles. The maximum absolute atomic E-state index is 12.4. The molecule has 0 atom stereocenters. The standard InChI is InChI=1S/C19H21N3O3S/c23-19(15-26-14-16-6-8-18(9-7-16)22(24)25)21-12-10-20(11-13-21)17-4-2-1-3-5-17/h1-9H,10-15H2. The van der Waals surface area contributed by atoms with Gasteiger partial charge in [0.2, 0.25) is 5.91 Å². The molecule has 3 rings (SSSR count). The van der Waals surface area contributed by atoms with Crippen molar-refractivity contribution in [3.8, 4) is 0 Å². The highest BCUT2D eigenvalue weighted by Crippen LogP contribution is 2.19. The highest BCUT2D eigenvalue weighted by atomic mass is 32.2. The molecule has 0 aromatic heterocycles. The SMILES string of the molecule is O=C(CSCc1ccc([N+](=O)[O-])cc1)N1CCN(c2ccccc2)CC1. The fourth-order valence-electron chi connectivity index (χ4n) is 2.91. The van der Waals surface area contributed by atoms with E-state index >= 15 is 0 Å². The first-order valence-electron chi connectivity index (χ1n) is 8.52. The van der Waals surface area contributed by atoms with Crippen molar-refractivity contribution in [3.63, 3.8) is 0 Å². The molecule has 1 fully saturated rings. The number of benzene rings is 2. The predicted molar refractivity (Wildman–Crippen MR) is 104 cm³/mol. The van der Waals surface area contributed by atoms with E-state index in [9.17, 15) is 14.9 Å². The third-order valence-corrected chi connectivity index (χ3v) is 5.38. The van der Waals surface area contributed by atoms with Crippen molar-refractivity contribution in [3.05, 3.63) is 70.3 Å². The van der Waals surface area contributed by atoms with E-state index in [0.717, 1.165) is 31.7 Å². The van der Waals surface area contributed by atoms with Gasteiger partial charge >= 0.3 is 0 Å². The van der Waals surface area contributed by atoms with Crippen molar-refractivity contribution in [2.24, 2.45) is 0 Å². The molecule has 1 saturated heterocycles. The highest BCUT2D eigenvalue weighted by molar-refractivity contribution is 7.99. The summed E-state index contributed by atoms with van der Waals surface area (Å²) in [7, 11) is 0. The molecule has 0 bridgehead atoms. The molecule has 1 amide bonds. The molecule has 6 nitrogen and oxygen atoms in total. The highest BCUT2D eigenvalue weighted by Gasteiger charge is 2.21. The Kier molecular flexibility index (Phi) is 6.12. The second-order valence-electron chi connectivity index (χ2n) is 6.12. The minimum Gasteiger partial charge on any atom is -0.368 e. The first-order chi connectivity index (χ1) is 12.6. The van der Waals surface area contributed by atoms with E-state index in [4.69, 9.17) is 0 Å². The number of rotatable bonds is 6. The first kappa shape index (κ1) is 18.3. The second kappa shape index (κ2) is 8.71. The lowest BCUT2D eigenvalue weighted by Gasteiger charge is -2.36. The Morgan fingerprint density at radius 2 is 1.65 bits per heavy atom. The maximum atomic E-state index is 12.4. The summed E-state index contributed by atoms with van der Waals surface area (Å²) >= 11 is 1.54. The smallest absolute Gasteiger partial charge is 0.269 e. The van der Waals surface area contributed by atoms with Crippen LogP contribution >= 0.6 is 11.8 Å². The Morgan fingerprint density at radius 1 is 1.00 bits per heavy atom. The number of nitrogens with zero attached hydrogens (tertiary/aromatic N) is 3. The number of amides is 1. The summed E-state index contributed by atoms with van der Waals surface area (Å²) in [6, 6.07) is 16.7. The number of nitro benzene ring substituents is 1. The largest absolute Gasteiger partial charge is 0.368 e. The van der Waals surface area contributed by atoms with Crippen LogP contribution in [0.4, 0.5) is 11.4 Å². The van der Waals surface area contributed by atoms with Crippen molar-refractivity contribution in [1.82, 2.24) is 4.90 Å². The summed E-state index contributed by atoms with van der Waals surface area (Å²) in [5, 5.41) is 10.7. The van der Waals surface area contributed by atoms with Gasteiger partial charge in [-0.15, -0.1) is 11.8 Å². The van der Waals surface area contributed by atoms with E-state index in [1.54, 1.807) is 23.9 Å². The summed E-state index contributed by atoms with van der Waals surface area (Å²) in [5.41, 5.74) is 2.28. The predicted octanol–water partition coefficient (Wildman–Crippen LogP) is 3.18. The number of carbonyl (C=O) groups is 1. The van der Waals surface area contributed by atoms with E-state index < -0.39 is 4.92 Å². The lowest BCUT2D eigenvalue weighted by molar-refractivity contribution is -0.384. The molecule has 0 unspecified atom stereocenters. The van der Waals surface area contributed by atoms with E-state index in [1.165, 1.54) is 17.8 Å². The van der Waals surface area contributed by atoms with Crippen LogP contribution in [0.25, 0.3) is 0 Å². The van der Waals surface area contributed by atoms with Crippen LogP contribution in [-0.4, -0.2) is 47.7 Å². The van der Waals surface area contributed by atoms with Gasteiger partial charge in [0.05, 0.1) is 10.7 Å². The normalized spacial score (nSPS) is 14.3. The Hall–Kier alpha value is -2.54. The van der Waals surface area contributed by atoms with Crippen LogP contribution in [0.3, 0.4) is 0 Å². The number of piperazine rings is 1. The average molecular weight is 371 g/mol. The fraction of sp³-hybridized carbons (Fsp3) is 0.316. The Morgan fingerprint density at radius 3 is 2.27 bits per heavy atom. The maximum Gasteiger partial charge on any atom is 0.269 e. The van der Waals surface area contributed by atoms with Crippen molar-refractivity contribution in [1.29, 1.82) is 0 Å². The lowest BCUT2D eigenvalue weighted by atomic mass is 10.2. The molecule has 2 aromatic carbocycles. The van der Waals surface area contributed by atoms with Gasteiger partial charge in [-0.05, 0) is 17.7 Å². The fourth-order valence-corrected chi connectivity index (χ4v) is 3.80. The van der Waals surface area contributed by atoms with E-state index in [0.29, 0.717) is 11.5 Å². The molecule has 26 heavy (non-hydrogen) atoms. The lowest BCUT2D eigenvalue weighted by Crippen LogP contribution is -2.49. The third kappa shape index (κ3) is 4.76. The minimum atomic E-state index is -0.407. The van der Waals surface area contributed by atoms with Crippen LogP contribution in [0.2, 0.25) is 0 Å².